The molecule has 1 aromatic carbocycles. The first kappa shape index (κ1) is 14.0. The summed E-state index contributed by atoms with van der Waals surface area (Å²) >= 11 is 2.87. The molecule has 0 bridgehead atoms. The lowest BCUT2D eigenvalue weighted by Gasteiger charge is -2.15. The number of carbonyl (C=O) groups is 1. The van der Waals surface area contributed by atoms with Gasteiger partial charge in [-0.2, -0.15) is 13.2 Å². The van der Waals surface area contributed by atoms with Crippen molar-refractivity contribution in [2.24, 2.45) is 0 Å². The number of phenols is 1. The van der Waals surface area contributed by atoms with Gasteiger partial charge < -0.3 is 9.90 Å². The van der Waals surface area contributed by atoms with E-state index >= 15 is 0 Å². The molecule has 0 fully saturated rings. The molecule has 17 heavy (non-hydrogen) atoms. The average molecular weight is 311 g/mol. The lowest BCUT2D eigenvalue weighted by Crippen LogP contribution is -2.07. The molecule has 0 saturated carbocycles. The van der Waals surface area contributed by atoms with Crippen molar-refractivity contribution in [3.8, 4) is 5.75 Å². The first-order valence-electron chi connectivity index (χ1n) is 4.80. The van der Waals surface area contributed by atoms with Gasteiger partial charge in [0, 0.05) is 6.42 Å². The first-order chi connectivity index (χ1) is 7.77. The van der Waals surface area contributed by atoms with Crippen LogP contribution in [0, 0.1) is 0 Å². The van der Waals surface area contributed by atoms with Gasteiger partial charge in [0.15, 0.2) is 0 Å². The molecule has 0 amide bonds. The first-order valence-corrected chi connectivity index (χ1v) is 5.60. The molecule has 1 rings (SSSR count). The normalized spacial score (nSPS) is 13.5. The third kappa shape index (κ3) is 3.21. The number of hydrogen-bond donors (Lipinski definition) is 1. The zero-order valence-electron chi connectivity index (χ0n) is 8.88. The van der Waals surface area contributed by atoms with Gasteiger partial charge in [-0.3, -0.25) is 0 Å². The zero-order chi connectivity index (χ0) is 13.2. The van der Waals surface area contributed by atoms with E-state index in [-0.39, 0.29) is 16.8 Å². The van der Waals surface area contributed by atoms with Crippen LogP contribution in [0.5, 0.6) is 5.75 Å². The number of benzene rings is 1. The van der Waals surface area contributed by atoms with Crippen molar-refractivity contribution in [1.29, 1.82) is 0 Å². The molecule has 0 aromatic heterocycles. The summed E-state index contributed by atoms with van der Waals surface area (Å²) in [5.74, 6) is -1.16. The molecule has 1 aromatic rings. The van der Waals surface area contributed by atoms with Crippen LogP contribution in [0.25, 0.3) is 0 Å². The quantitative estimate of drug-likeness (QED) is 0.861. The predicted molar refractivity (Wildman–Crippen MR) is 59.9 cm³/mol. The van der Waals surface area contributed by atoms with E-state index in [2.05, 4.69) is 15.9 Å². The number of halogens is 4. The van der Waals surface area contributed by atoms with Crippen LogP contribution >= 0.6 is 15.9 Å². The van der Waals surface area contributed by atoms with Crippen molar-refractivity contribution in [3.05, 3.63) is 27.7 Å². The van der Waals surface area contributed by atoms with E-state index in [1.807, 2.05) is 0 Å². The van der Waals surface area contributed by atoms with E-state index in [0.29, 0.717) is 11.8 Å². The highest BCUT2D eigenvalue weighted by molar-refractivity contribution is 9.10. The Morgan fingerprint density at radius 3 is 2.53 bits per heavy atom. The lowest BCUT2D eigenvalue weighted by atomic mass is 9.96. The molecular weight excluding hydrogens is 301 g/mol. The van der Waals surface area contributed by atoms with E-state index in [1.54, 1.807) is 6.92 Å². The summed E-state index contributed by atoms with van der Waals surface area (Å²) < 4.78 is 37.8. The number of alkyl halides is 3. The van der Waals surface area contributed by atoms with Crippen LogP contribution in [-0.2, 0) is 11.0 Å². The van der Waals surface area contributed by atoms with Crippen LogP contribution in [0.2, 0.25) is 0 Å². The van der Waals surface area contributed by atoms with Crippen LogP contribution < -0.4 is 0 Å². The van der Waals surface area contributed by atoms with E-state index in [4.69, 9.17) is 0 Å². The van der Waals surface area contributed by atoms with Gasteiger partial charge >= 0.3 is 6.18 Å². The molecule has 0 aliphatic carbocycles. The third-order valence-corrected chi connectivity index (χ3v) is 3.01. The Morgan fingerprint density at radius 1 is 1.47 bits per heavy atom. The second kappa shape index (κ2) is 5.08. The lowest BCUT2D eigenvalue weighted by molar-refractivity contribution is -0.138. The minimum Gasteiger partial charge on any atom is -0.506 e. The number of rotatable bonds is 3. The Hall–Kier alpha value is -1.04. The van der Waals surface area contributed by atoms with E-state index < -0.39 is 17.5 Å². The zero-order valence-corrected chi connectivity index (χ0v) is 10.5. The maximum atomic E-state index is 12.6. The van der Waals surface area contributed by atoms with Crippen molar-refractivity contribution in [2.45, 2.75) is 25.4 Å². The Bertz CT molecular complexity index is 429. The summed E-state index contributed by atoms with van der Waals surface area (Å²) in [4.78, 5) is 10.3. The Labute approximate surface area is 105 Å². The van der Waals surface area contributed by atoms with Crippen LogP contribution in [-0.4, -0.2) is 11.4 Å². The minimum atomic E-state index is -4.62. The standard InChI is InChI=1S/C11H10BrF3O2/c1-6(2-3-16)7-4-8(11(13,14)15)10(17)9(12)5-7/h3-6,17H,2H2,1H3. The van der Waals surface area contributed by atoms with Gasteiger partial charge in [0.05, 0.1) is 10.0 Å². The number of aromatic hydroxyl groups is 1. The Morgan fingerprint density at radius 2 is 2.06 bits per heavy atom. The topological polar surface area (TPSA) is 37.3 Å². The van der Waals surface area contributed by atoms with Crippen LogP contribution in [0.3, 0.4) is 0 Å². The fourth-order valence-corrected chi connectivity index (χ4v) is 1.88. The van der Waals surface area contributed by atoms with Gasteiger partial charge in [0.1, 0.15) is 12.0 Å². The smallest absolute Gasteiger partial charge is 0.420 e. The van der Waals surface area contributed by atoms with E-state index in [0.717, 1.165) is 6.07 Å². The number of carbonyl (C=O) groups excluding carboxylic acids is 1. The van der Waals surface area contributed by atoms with Gasteiger partial charge in [-0.1, -0.05) is 6.92 Å². The second-order valence-corrected chi connectivity index (χ2v) is 4.55. The molecule has 0 radical (unpaired) electrons. The highest BCUT2D eigenvalue weighted by Crippen LogP contribution is 2.41. The van der Waals surface area contributed by atoms with Crippen LogP contribution in [0.4, 0.5) is 13.2 Å². The average Bonchev–Trinajstić information content (AvgIpc) is 2.20. The van der Waals surface area contributed by atoms with Gasteiger partial charge in [0.25, 0.3) is 0 Å². The maximum absolute atomic E-state index is 12.6. The van der Waals surface area contributed by atoms with Gasteiger partial charge in [-0.25, -0.2) is 0 Å². The third-order valence-electron chi connectivity index (χ3n) is 2.41. The van der Waals surface area contributed by atoms with Crippen LogP contribution in [0.1, 0.15) is 30.4 Å². The monoisotopic (exact) mass is 310 g/mol. The molecule has 2 nitrogen and oxygen atoms in total. The second-order valence-electron chi connectivity index (χ2n) is 3.70. The van der Waals surface area contributed by atoms with Gasteiger partial charge in [0.2, 0.25) is 0 Å². The molecule has 0 aliphatic rings. The highest BCUT2D eigenvalue weighted by Gasteiger charge is 2.35. The summed E-state index contributed by atoms with van der Waals surface area (Å²) in [7, 11) is 0. The summed E-state index contributed by atoms with van der Waals surface area (Å²) in [5, 5.41) is 9.33. The highest BCUT2D eigenvalue weighted by atomic mass is 79.9. The molecule has 0 saturated heterocycles. The number of phenolic OH excluding ortho intramolecular Hbond substituents is 1. The van der Waals surface area contributed by atoms with Crippen molar-refractivity contribution in [1.82, 2.24) is 0 Å². The molecule has 0 spiro atoms. The number of aldehydes is 1. The fourth-order valence-electron chi connectivity index (χ4n) is 1.40. The minimum absolute atomic E-state index is 0.0277. The summed E-state index contributed by atoms with van der Waals surface area (Å²) in [6.45, 7) is 1.65. The molecule has 0 aliphatic heterocycles. The number of hydrogen-bond acceptors (Lipinski definition) is 2. The molecule has 94 valence electrons. The van der Waals surface area contributed by atoms with Crippen molar-refractivity contribution in [3.63, 3.8) is 0 Å². The van der Waals surface area contributed by atoms with Gasteiger partial charge in [-0.05, 0) is 39.5 Å². The fraction of sp³-hybridized carbons (Fsp3) is 0.364. The van der Waals surface area contributed by atoms with E-state index in [9.17, 15) is 23.1 Å². The van der Waals surface area contributed by atoms with Gasteiger partial charge in [-0.15, -0.1) is 0 Å². The maximum Gasteiger partial charge on any atom is 0.420 e. The molecule has 0 heterocycles. The van der Waals surface area contributed by atoms with Crippen LogP contribution in [0.15, 0.2) is 16.6 Å². The molecular formula is C11H10BrF3O2. The molecule has 1 atom stereocenters. The Balaban J connectivity index is 3.28. The van der Waals surface area contributed by atoms with E-state index in [1.165, 1.54) is 6.07 Å². The summed E-state index contributed by atoms with van der Waals surface area (Å²) in [6, 6.07) is 2.26. The molecule has 1 unspecified atom stereocenters. The predicted octanol–water partition coefficient (Wildman–Crippen LogP) is 3.87. The van der Waals surface area contributed by atoms with Crippen molar-refractivity contribution in [2.75, 3.05) is 0 Å². The SMILES string of the molecule is CC(CC=O)c1cc(Br)c(O)c(C(F)(F)F)c1. The van der Waals surface area contributed by atoms with Crippen molar-refractivity contribution >= 4 is 22.2 Å². The van der Waals surface area contributed by atoms with Crippen molar-refractivity contribution < 1.29 is 23.1 Å². The Kier molecular flexibility index (Phi) is 4.19. The summed E-state index contributed by atoms with van der Waals surface area (Å²) in [5.41, 5.74) is -0.742. The summed E-state index contributed by atoms with van der Waals surface area (Å²) in [6.07, 6.45) is -3.84. The largest absolute Gasteiger partial charge is 0.506 e. The molecule has 1 N–H and O–H groups in total. The molecule has 6 heteroatoms.